The Morgan fingerprint density at radius 1 is 1.17 bits per heavy atom. The molecule has 0 amide bonds. The molecule has 2 aromatic rings. The van der Waals surface area contributed by atoms with Crippen LogP contribution in [0.4, 0.5) is 0 Å². The molecule has 0 aliphatic carbocycles. The molecule has 0 aliphatic heterocycles. The van der Waals surface area contributed by atoms with Crippen molar-refractivity contribution in [3.05, 3.63) is 45.1 Å². The summed E-state index contributed by atoms with van der Waals surface area (Å²) >= 11 is 18.1. The fourth-order valence-electron chi connectivity index (χ4n) is 1.72. The molecule has 2 N–H and O–H groups in total. The molecule has 96 valence electrons. The van der Waals surface area contributed by atoms with Gasteiger partial charge >= 0.3 is 0 Å². The predicted octanol–water partition coefficient (Wildman–Crippen LogP) is 4.80. The van der Waals surface area contributed by atoms with Crippen LogP contribution in [-0.4, -0.2) is 6.04 Å². The quantitative estimate of drug-likeness (QED) is 0.885. The Hall–Kier alpha value is -0.670. The molecule has 0 fully saturated rings. The van der Waals surface area contributed by atoms with E-state index in [0.717, 1.165) is 5.76 Å². The average Bonchev–Trinajstić information content (AvgIpc) is 2.63. The lowest BCUT2D eigenvalue weighted by molar-refractivity contribution is 0.503. The highest BCUT2D eigenvalue weighted by Gasteiger charge is 2.14. The van der Waals surface area contributed by atoms with Crippen LogP contribution in [0.25, 0.3) is 11.3 Å². The Morgan fingerprint density at radius 3 is 2.33 bits per heavy atom. The topological polar surface area (TPSA) is 39.2 Å². The van der Waals surface area contributed by atoms with Gasteiger partial charge in [-0.25, -0.2) is 0 Å². The molecule has 1 aromatic heterocycles. The first-order valence-corrected chi connectivity index (χ1v) is 6.60. The highest BCUT2D eigenvalue weighted by Crippen LogP contribution is 2.38. The first kappa shape index (κ1) is 13.8. The monoisotopic (exact) mass is 303 g/mol. The molecule has 0 aliphatic rings. The Morgan fingerprint density at radius 2 is 1.78 bits per heavy atom. The minimum absolute atomic E-state index is 0.0418. The van der Waals surface area contributed by atoms with E-state index in [9.17, 15) is 0 Å². The Balaban J connectivity index is 2.40. The predicted molar refractivity (Wildman–Crippen MR) is 76.5 cm³/mol. The van der Waals surface area contributed by atoms with E-state index in [4.69, 9.17) is 45.0 Å². The van der Waals surface area contributed by atoms with E-state index < -0.39 is 0 Å². The molecule has 0 bridgehead atoms. The molecular formula is C13H12Cl3NO. The van der Waals surface area contributed by atoms with E-state index in [-0.39, 0.29) is 6.04 Å². The molecule has 1 heterocycles. The van der Waals surface area contributed by atoms with Gasteiger partial charge in [0.05, 0.1) is 15.6 Å². The molecule has 1 unspecified atom stereocenters. The lowest BCUT2D eigenvalue weighted by Crippen LogP contribution is -2.17. The maximum atomic E-state index is 6.13. The third-order valence-corrected chi connectivity index (χ3v) is 3.25. The van der Waals surface area contributed by atoms with Crippen LogP contribution in [0.2, 0.25) is 15.1 Å². The van der Waals surface area contributed by atoms with Crippen LogP contribution >= 0.6 is 34.8 Å². The summed E-state index contributed by atoms with van der Waals surface area (Å²) < 4.78 is 5.69. The number of benzene rings is 1. The maximum absolute atomic E-state index is 6.13. The highest BCUT2D eigenvalue weighted by atomic mass is 35.5. The van der Waals surface area contributed by atoms with Crippen molar-refractivity contribution >= 4 is 34.8 Å². The van der Waals surface area contributed by atoms with E-state index in [1.807, 2.05) is 19.1 Å². The van der Waals surface area contributed by atoms with Crippen molar-refractivity contribution in [2.24, 2.45) is 5.73 Å². The molecule has 0 saturated heterocycles. The minimum Gasteiger partial charge on any atom is -0.461 e. The smallest absolute Gasteiger partial charge is 0.137 e. The van der Waals surface area contributed by atoms with Crippen molar-refractivity contribution in [1.82, 2.24) is 0 Å². The third kappa shape index (κ3) is 3.01. The molecule has 1 atom stereocenters. The van der Waals surface area contributed by atoms with Gasteiger partial charge in [0.15, 0.2) is 0 Å². The lowest BCUT2D eigenvalue weighted by atomic mass is 10.1. The van der Waals surface area contributed by atoms with E-state index in [2.05, 4.69) is 0 Å². The van der Waals surface area contributed by atoms with Gasteiger partial charge in [0, 0.05) is 17.5 Å². The number of hydrogen-bond donors (Lipinski definition) is 1. The fourth-order valence-corrected chi connectivity index (χ4v) is 2.72. The second-order valence-electron chi connectivity index (χ2n) is 4.19. The van der Waals surface area contributed by atoms with Crippen molar-refractivity contribution in [3.8, 4) is 11.3 Å². The molecule has 0 radical (unpaired) electrons. The first-order chi connectivity index (χ1) is 8.47. The number of furan rings is 1. The summed E-state index contributed by atoms with van der Waals surface area (Å²) in [6.45, 7) is 1.92. The molecule has 5 heteroatoms. The summed E-state index contributed by atoms with van der Waals surface area (Å²) in [6, 6.07) is 7.02. The van der Waals surface area contributed by atoms with Gasteiger partial charge < -0.3 is 10.2 Å². The number of hydrogen-bond acceptors (Lipinski definition) is 2. The van der Waals surface area contributed by atoms with Crippen molar-refractivity contribution in [2.45, 2.75) is 19.4 Å². The molecular weight excluding hydrogens is 293 g/mol. The van der Waals surface area contributed by atoms with Crippen LogP contribution in [0.5, 0.6) is 0 Å². The second kappa shape index (κ2) is 5.54. The molecule has 18 heavy (non-hydrogen) atoms. The van der Waals surface area contributed by atoms with E-state index in [1.54, 1.807) is 12.1 Å². The Bertz CT molecular complexity index is 540. The van der Waals surface area contributed by atoms with Gasteiger partial charge in [-0.2, -0.15) is 0 Å². The summed E-state index contributed by atoms with van der Waals surface area (Å²) in [4.78, 5) is 0. The van der Waals surface area contributed by atoms with Crippen LogP contribution in [0, 0.1) is 0 Å². The van der Waals surface area contributed by atoms with Crippen molar-refractivity contribution in [2.75, 3.05) is 0 Å². The van der Waals surface area contributed by atoms with Crippen molar-refractivity contribution in [3.63, 3.8) is 0 Å². The standard InChI is InChI=1S/C13H12Cl3NO/c1-7(17)4-9-2-3-12(18-9)13-10(15)5-8(14)6-11(13)16/h2-3,5-7H,4,17H2,1H3. The maximum Gasteiger partial charge on any atom is 0.137 e. The Labute approximate surface area is 121 Å². The lowest BCUT2D eigenvalue weighted by Gasteiger charge is -2.05. The largest absolute Gasteiger partial charge is 0.461 e. The second-order valence-corrected chi connectivity index (χ2v) is 5.44. The average molecular weight is 305 g/mol. The van der Waals surface area contributed by atoms with Gasteiger partial charge in [-0.15, -0.1) is 0 Å². The van der Waals surface area contributed by atoms with Gasteiger partial charge in [-0.05, 0) is 31.2 Å². The minimum atomic E-state index is 0.0418. The Kier molecular flexibility index (Phi) is 4.23. The summed E-state index contributed by atoms with van der Waals surface area (Å²) in [6.07, 6.45) is 0.669. The van der Waals surface area contributed by atoms with Crippen molar-refractivity contribution < 1.29 is 4.42 Å². The highest BCUT2D eigenvalue weighted by molar-refractivity contribution is 6.41. The number of nitrogens with two attached hydrogens (primary N) is 1. The van der Waals surface area contributed by atoms with Gasteiger partial charge in [0.2, 0.25) is 0 Å². The molecule has 0 spiro atoms. The summed E-state index contributed by atoms with van der Waals surface area (Å²) in [5, 5.41) is 1.43. The van der Waals surface area contributed by atoms with Gasteiger partial charge in [-0.3, -0.25) is 0 Å². The van der Waals surface area contributed by atoms with Crippen LogP contribution < -0.4 is 5.73 Å². The van der Waals surface area contributed by atoms with Crippen LogP contribution in [0.1, 0.15) is 12.7 Å². The summed E-state index contributed by atoms with van der Waals surface area (Å²) in [7, 11) is 0. The van der Waals surface area contributed by atoms with Gasteiger partial charge in [0.1, 0.15) is 11.5 Å². The molecule has 0 saturated carbocycles. The number of halogens is 3. The number of rotatable bonds is 3. The normalized spacial score (nSPS) is 12.7. The zero-order valence-electron chi connectivity index (χ0n) is 9.71. The van der Waals surface area contributed by atoms with Crippen LogP contribution in [0.3, 0.4) is 0 Å². The van der Waals surface area contributed by atoms with E-state index in [1.165, 1.54) is 0 Å². The molecule has 2 rings (SSSR count). The van der Waals surface area contributed by atoms with Crippen molar-refractivity contribution in [1.29, 1.82) is 0 Å². The summed E-state index contributed by atoms with van der Waals surface area (Å²) in [5.74, 6) is 1.43. The van der Waals surface area contributed by atoms with Gasteiger partial charge in [-0.1, -0.05) is 34.8 Å². The van der Waals surface area contributed by atoms with Crippen LogP contribution in [-0.2, 0) is 6.42 Å². The zero-order chi connectivity index (χ0) is 13.3. The van der Waals surface area contributed by atoms with Gasteiger partial charge in [0.25, 0.3) is 0 Å². The SMILES string of the molecule is CC(N)Cc1ccc(-c2c(Cl)cc(Cl)cc2Cl)o1. The fraction of sp³-hybridized carbons (Fsp3) is 0.231. The third-order valence-electron chi connectivity index (χ3n) is 2.44. The first-order valence-electron chi connectivity index (χ1n) is 5.46. The zero-order valence-corrected chi connectivity index (χ0v) is 12.0. The van der Waals surface area contributed by atoms with Crippen LogP contribution in [0.15, 0.2) is 28.7 Å². The van der Waals surface area contributed by atoms with E-state index >= 15 is 0 Å². The molecule has 2 nitrogen and oxygen atoms in total. The summed E-state index contributed by atoms with van der Waals surface area (Å²) in [5.41, 5.74) is 6.37. The van der Waals surface area contributed by atoms with E-state index in [0.29, 0.717) is 32.8 Å². The molecule has 1 aromatic carbocycles.